The minimum atomic E-state index is -0.627. The van der Waals surface area contributed by atoms with Gasteiger partial charge in [-0.05, 0) is 40.4 Å². The molecule has 0 bridgehead atoms. The van der Waals surface area contributed by atoms with Crippen LogP contribution in [-0.2, 0) is 16.0 Å². The van der Waals surface area contributed by atoms with Crippen molar-refractivity contribution < 1.29 is 9.53 Å². The molecule has 4 aromatic rings. The Bertz CT molecular complexity index is 1110. The second-order valence-corrected chi connectivity index (χ2v) is 8.17. The molecule has 0 aliphatic carbocycles. The molecule has 0 N–H and O–H groups in total. The van der Waals surface area contributed by atoms with Crippen molar-refractivity contribution in [1.82, 2.24) is 0 Å². The number of hydrogen-bond acceptors (Lipinski definition) is 4. The molecule has 0 amide bonds. The number of aliphatic imine (C=N–C) groups is 1. The summed E-state index contributed by atoms with van der Waals surface area (Å²) >= 11 is 1.68. The largest absolute Gasteiger partial charge is 0.464 e. The first-order valence-corrected chi connectivity index (χ1v) is 11.7. The molecule has 0 radical (unpaired) electrons. The van der Waals surface area contributed by atoms with E-state index in [0.29, 0.717) is 13.0 Å². The van der Waals surface area contributed by atoms with Gasteiger partial charge in [0, 0.05) is 17.5 Å². The van der Waals surface area contributed by atoms with Crippen molar-refractivity contribution in [2.75, 3.05) is 6.61 Å². The van der Waals surface area contributed by atoms with Crippen molar-refractivity contribution in [3.8, 4) is 11.1 Å². The fraction of sp³-hybridized carbons (Fsp3) is 0.143. The average Bonchev–Trinajstić information content (AvgIpc) is 3.38. The van der Waals surface area contributed by atoms with Crippen molar-refractivity contribution in [3.05, 3.63) is 118 Å². The number of ether oxygens (including phenoxy) is 1. The van der Waals surface area contributed by atoms with Gasteiger partial charge in [0.05, 0.1) is 12.3 Å². The first-order valence-electron chi connectivity index (χ1n) is 10.7. The molecule has 160 valence electrons. The summed E-state index contributed by atoms with van der Waals surface area (Å²) in [5, 5.41) is 4.20. The molecular formula is C28H25NO2S. The molecule has 1 aromatic heterocycles. The minimum absolute atomic E-state index is 0.307. The Kier molecular flexibility index (Phi) is 7.26. The van der Waals surface area contributed by atoms with Gasteiger partial charge in [-0.15, -0.1) is 0 Å². The number of rotatable bonds is 8. The van der Waals surface area contributed by atoms with Crippen LogP contribution < -0.4 is 0 Å². The van der Waals surface area contributed by atoms with Crippen LogP contribution in [-0.4, -0.2) is 24.3 Å². The van der Waals surface area contributed by atoms with Gasteiger partial charge in [-0.2, -0.15) is 11.3 Å². The quantitative estimate of drug-likeness (QED) is 0.234. The van der Waals surface area contributed by atoms with Gasteiger partial charge in [-0.1, -0.05) is 84.9 Å². The van der Waals surface area contributed by atoms with Crippen molar-refractivity contribution in [2.45, 2.75) is 19.4 Å². The fourth-order valence-electron chi connectivity index (χ4n) is 3.57. The molecule has 0 spiro atoms. The Balaban J connectivity index is 1.68. The monoisotopic (exact) mass is 439 g/mol. The van der Waals surface area contributed by atoms with Crippen LogP contribution >= 0.6 is 11.3 Å². The number of nitrogens with zero attached hydrogens (tertiary/aromatic N) is 1. The molecule has 1 heterocycles. The van der Waals surface area contributed by atoms with Gasteiger partial charge in [-0.25, -0.2) is 4.79 Å². The summed E-state index contributed by atoms with van der Waals surface area (Å²) in [6.45, 7) is 2.15. The van der Waals surface area contributed by atoms with Crippen LogP contribution in [0.15, 0.2) is 107 Å². The predicted octanol–water partition coefficient (Wildman–Crippen LogP) is 6.43. The molecule has 0 fully saturated rings. The smallest absolute Gasteiger partial charge is 0.331 e. The van der Waals surface area contributed by atoms with Crippen LogP contribution in [0, 0.1) is 0 Å². The summed E-state index contributed by atoms with van der Waals surface area (Å²) in [7, 11) is 0. The highest BCUT2D eigenvalue weighted by Crippen LogP contribution is 2.23. The van der Waals surface area contributed by atoms with E-state index in [1.165, 1.54) is 11.1 Å². The van der Waals surface area contributed by atoms with Crippen molar-refractivity contribution in [2.24, 2.45) is 4.99 Å². The lowest BCUT2D eigenvalue weighted by Crippen LogP contribution is -2.26. The van der Waals surface area contributed by atoms with Crippen LogP contribution in [0.25, 0.3) is 11.1 Å². The van der Waals surface area contributed by atoms with E-state index in [1.54, 1.807) is 11.3 Å². The second kappa shape index (κ2) is 10.7. The number of esters is 1. The zero-order chi connectivity index (χ0) is 22.2. The lowest BCUT2D eigenvalue weighted by Gasteiger charge is -2.15. The zero-order valence-electron chi connectivity index (χ0n) is 18.0. The van der Waals surface area contributed by atoms with E-state index in [2.05, 4.69) is 41.1 Å². The van der Waals surface area contributed by atoms with E-state index < -0.39 is 6.04 Å². The van der Waals surface area contributed by atoms with E-state index in [-0.39, 0.29) is 5.97 Å². The second-order valence-electron chi connectivity index (χ2n) is 7.39. The van der Waals surface area contributed by atoms with E-state index in [1.807, 2.05) is 67.6 Å². The van der Waals surface area contributed by atoms with Gasteiger partial charge in [0.1, 0.15) is 0 Å². The Morgan fingerprint density at radius 1 is 0.844 bits per heavy atom. The molecule has 0 saturated heterocycles. The van der Waals surface area contributed by atoms with Crippen molar-refractivity contribution in [3.63, 3.8) is 0 Å². The van der Waals surface area contributed by atoms with Gasteiger partial charge in [0.25, 0.3) is 0 Å². The third-order valence-electron chi connectivity index (χ3n) is 5.18. The Hall–Kier alpha value is -3.50. The normalized spacial score (nSPS) is 11.5. The maximum Gasteiger partial charge on any atom is 0.331 e. The summed E-state index contributed by atoms with van der Waals surface area (Å²) in [4.78, 5) is 17.8. The third-order valence-corrected chi connectivity index (χ3v) is 5.86. The maximum absolute atomic E-state index is 12.9. The van der Waals surface area contributed by atoms with Gasteiger partial charge in [-0.3, -0.25) is 4.99 Å². The molecule has 0 saturated carbocycles. The number of carbonyl (C=O) groups excluding carboxylic acids is 1. The molecule has 0 unspecified atom stereocenters. The number of carbonyl (C=O) groups is 1. The minimum Gasteiger partial charge on any atom is -0.464 e. The molecule has 4 rings (SSSR count). The predicted molar refractivity (Wildman–Crippen MR) is 132 cm³/mol. The van der Waals surface area contributed by atoms with E-state index in [0.717, 1.165) is 22.4 Å². The first-order chi connectivity index (χ1) is 15.7. The van der Waals surface area contributed by atoms with Crippen LogP contribution in [0.2, 0.25) is 0 Å². The topological polar surface area (TPSA) is 38.7 Å². The molecule has 0 aliphatic rings. The SMILES string of the molecule is CCOC(=O)[C@H](Cc1ccc(-c2ccsc2)cc1)N=C(c1ccccc1)c1ccccc1. The van der Waals surface area contributed by atoms with Crippen LogP contribution in [0.1, 0.15) is 23.6 Å². The van der Waals surface area contributed by atoms with E-state index in [9.17, 15) is 4.79 Å². The van der Waals surface area contributed by atoms with Gasteiger partial charge in [0.2, 0.25) is 0 Å². The first kappa shape index (κ1) is 21.7. The van der Waals surface area contributed by atoms with E-state index >= 15 is 0 Å². The van der Waals surface area contributed by atoms with Gasteiger partial charge in [0.15, 0.2) is 6.04 Å². The lowest BCUT2D eigenvalue weighted by molar-refractivity contribution is -0.144. The lowest BCUT2D eigenvalue weighted by atomic mass is 9.99. The van der Waals surface area contributed by atoms with Gasteiger partial charge >= 0.3 is 5.97 Å². The van der Waals surface area contributed by atoms with Crippen LogP contribution in [0.5, 0.6) is 0 Å². The summed E-state index contributed by atoms with van der Waals surface area (Å²) in [5.74, 6) is -0.307. The summed E-state index contributed by atoms with van der Waals surface area (Å²) in [6, 6.07) is 29.8. The van der Waals surface area contributed by atoms with Crippen molar-refractivity contribution in [1.29, 1.82) is 0 Å². The standard InChI is InChI=1S/C28H25NO2S/c1-2-31-28(30)26(19-21-13-15-22(16-14-21)25-17-18-32-20-25)29-27(23-9-5-3-6-10-23)24-11-7-4-8-12-24/h3-18,20,26H,2,19H2,1H3/t26-/m0/s1. The summed E-state index contributed by atoms with van der Waals surface area (Å²) in [6.07, 6.45) is 0.478. The van der Waals surface area contributed by atoms with Crippen LogP contribution in [0.3, 0.4) is 0 Å². The Morgan fingerprint density at radius 2 is 1.47 bits per heavy atom. The van der Waals surface area contributed by atoms with Crippen molar-refractivity contribution >= 4 is 23.0 Å². The highest BCUT2D eigenvalue weighted by atomic mass is 32.1. The maximum atomic E-state index is 12.9. The average molecular weight is 440 g/mol. The highest BCUT2D eigenvalue weighted by molar-refractivity contribution is 7.08. The molecule has 3 aromatic carbocycles. The molecule has 0 aliphatic heterocycles. The number of benzene rings is 3. The summed E-state index contributed by atoms with van der Waals surface area (Å²) in [5.41, 5.74) is 6.16. The van der Waals surface area contributed by atoms with E-state index in [4.69, 9.17) is 9.73 Å². The number of thiophene rings is 1. The molecular weight excluding hydrogens is 414 g/mol. The van der Waals surface area contributed by atoms with Gasteiger partial charge < -0.3 is 4.74 Å². The molecule has 1 atom stereocenters. The Labute approximate surface area is 193 Å². The van der Waals surface area contributed by atoms with Crippen LogP contribution in [0.4, 0.5) is 0 Å². The molecule has 32 heavy (non-hydrogen) atoms. The fourth-order valence-corrected chi connectivity index (χ4v) is 4.23. The highest BCUT2D eigenvalue weighted by Gasteiger charge is 2.21. The zero-order valence-corrected chi connectivity index (χ0v) is 18.8. The molecule has 4 heteroatoms. The third kappa shape index (κ3) is 5.40. The molecule has 3 nitrogen and oxygen atoms in total. The Morgan fingerprint density at radius 3 is 2.00 bits per heavy atom. The summed E-state index contributed by atoms with van der Waals surface area (Å²) < 4.78 is 5.39. The number of hydrogen-bond donors (Lipinski definition) is 0.